The van der Waals surface area contributed by atoms with Crippen LogP contribution in [0.15, 0.2) is 23.7 Å². The molecule has 146 valence electrons. The Morgan fingerprint density at radius 1 is 1.19 bits per heavy atom. The van der Waals surface area contributed by atoms with Crippen molar-refractivity contribution in [1.29, 1.82) is 0 Å². The van der Waals surface area contributed by atoms with Crippen molar-refractivity contribution in [3.63, 3.8) is 0 Å². The van der Waals surface area contributed by atoms with Crippen molar-refractivity contribution >= 4 is 41.7 Å². The predicted octanol–water partition coefficient (Wildman–Crippen LogP) is 3.35. The van der Waals surface area contributed by atoms with Gasteiger partial charge in [-0.25, -0.2) is 4.79 Å². The standard InChI is InChI=1S/C19H26BNO5S/c1-12(22)27-11-15(20-25-18(2,3)19(4,5)26-20)8-13-7-14(17(23)24-6)10-16(21)9-13/h7-10H,11,21H2,1-6H3. The number of hydrogen-bond donors (Lipinski definition) is 1. The number of ether oxygens (including phenoxy) is 1. The van der Waals surface area contributed by atoms with E-state index < -0.39 is 24.3 Å². The number of nitrogens with two attached hydrogens (primary N) is 1. The highest BCUT2D eigenvalue weighted by Crippen LogP contribution is 2.39. The average molecular weight is 391 g/mol. The van der Waals surface area contributed by atoms with E-state index in [2.05, 4.69) is 0 Å². The highest BCUT2D eigenvalue weighted by atomic mass is 32.2. The van der Waals surface area contributed by atoms with E-state index in [1.165, 1.54) is 25.8 Å². The minimum Gasteiger partial charge on any atom is -0.465 e. The fourth-order valence-electron chi connectivity index (χ4n) is 2.57. The molecule has 2 rings (SSSR count). The summed E-state index contributed by atoms with van der Waals surface area (Å²) in [6.45, 7) is 9.40. The first-order valence-corrected chi connectivity index (χ1v) is 9.62. The van der Waals surface area contributed by atoms with Crippen molar-refractivity contribution < 1.29 is 23.6 Å². The molecule has 1 aromatic rings. The fraction of sp³-hybridized carbons (Fsp3) is 0.474. The summed E-state index contributed by atoms with van der Waals surface area (Å²) in [5.74, 6) is -0.0543. The molecule has 0 aliphatic carbocycles. The summed E-state index contributed by atoms with van der Waals surface area (Å²) in [6, 6.07) is 4.99. The van der Waals surface area contributed by atoms with Gasteiger partial charge in [-0.1, -0.05) is 17.8 Å². The van der Waals surface area contributed by atoms with E-state index in [4.69, 9.17) is 19.8 Å². The summed E-state index contributed by atoms with van der Waals surface area (Å²) in [4.78, 5) is 23.3. The zero-order chi connectivity index (χ0) is 20.4. The first-order valence-electron chi connectivity index (χ1n) is 8.63. The van der Waals surface area contributed by atoms with Crippen LogP contribution < -0.4 is 5.73 Å². The second-order valence-electron chi connectivity index (χ2n) is 7.47. The van der Waals surface area contributed by atoms with Crippen LogP contribution in [0, 0.1) is 0 Å². The van der Waals surface area contributed by atoms with E-state index in [9.17, 15) is 9.59 Å². The summed E-state index contributed by atoms with van der Waals surface area (Å²) in [6.07, 6.45) is 1.85. The lowest BCUT2D eigenvalue weighted by molar-refractivity contribution is -0.109. The molecule has 2 N–H and O–H groups in total. The summed E-state index contributed by atoms with van der Waals surface area (Å²) >= 11 is 1.17. The lowest BCUT2D eigenvalue weighted by atomic mass is 9.78. The Kier molecular flexibility index (Phi) is 6.45. The monoisotopic (exact) mass is 391 g/mol. The zero-order valence-electron chi connectivity index (χ0n) is 16.6. The highest BCUT2D eigenvalue weighted by molar-refractivity contribution is 8.13. The molecule has 0 unspecified atom stereocenters. The number of methoxy groups -OCH3 is 1. The smallest absolute Gasteiger partial charge is 0.465 e. The van der Waals surface area contributed by atoms with Gasteiger partial charge in [-0.05, 0) is 56.9 Å². The van der Waals surface area contributed by atoms with E-state index in [0.29, 0.717) is 22.6 Å². The van der Waals surface area contributed by atoms with Crippen LogP contribution in [0.25, 0.3) is 6.08 Å². The number of thioether (sulfide) groups is 1. The van der Waals surface area contributed by atoms with Crippen molar-refractivity contribution in [2.24, 2.45) is 0 Å². The van der Waals surface area contributed by atoms with Gasteiger partial charge < -0.3 is 19.8 Å². The molecule has 1 aliphatic heterocycles. The number of hydrogen-bond acceptors (Lipinski definition) is 7. The molecule has 1 saturated heterocycles. The zero-order valence-corrected chi connectivity index (χ0v) is 17.4. The second kappa shape index (κ2) is 8.08. The van der Waals surface area contributed by atoms with E-state index in [0.717, 1.165) is 5.47 Å². The third-order valence-electron chi connectivity index (χ3n) is 4.75. The van der Waals surface area contributed by atoms with Gasteiger partial charge in [0.15, 0.2) is 5.12 Å². The highest BCUT2D eigenvalue weighted by Gasteiger charge is 2.52. The Morgan fingerprint density at radius 3 is 2.30 bits per heavy atom. The SMILES string of the molecule is COC(=O)c1cc(N)cc(C=C(CSC(C)=O)B2OC(C)(C)C(C)(C)O2)c1. The van der Waals surface area contributed by atoms with Crippen LogP contribution in [0.4, 0.5) is 5.69 Å². The lowest BCUT2D eigenvalue weighted by Crippen LogP contribution is -2.41. The number of rotatable bonds is 5. The topological polar surface area (TPSA) is 87.9 Å². The Morgan fingerprint density at radius 2 is 1.78 bits per heavy atom. The Hall–Kier alpha value is -1.77. The molecule has 8 heteroatoms. The molecule has 1 aromatic carbocycles. The number of benzene rings is 1. The summed E-state index contributed by atoms with van der Waals surface area (Å²) in [7, 11) is 0.727. The first-order chi connectivity index (χ1) is 12.4. The minimum atomic E-state index is -0.593. The Bertz CT molecular complexity index is 759. The fourth-order valence-corrected chi connectivity index (χ4v) is 3.16. The molecular weight excluding hydrogens is 365 g/mol. The molecule has 0 atom stereocenters. The molecule has 1 heterocycles. The van der Waals surface area contributed by atoms with Crippen LogP contribution in [0.1, 0.15) is 50.5 Å². The number of carbonyl (C=O) groups excluding carboxylic acids is 2. The molecule has 0 amide bonds. The third kappa shape index (κ3) is 5.15. The number of esters is 1. The van der Waals surface area contributed by atoms with Gasteiger partial charge in [-0.15, -0.1) is 0 Å². The van der Waals surface area contributed by atoms with Crippen molar-refractivity contribution in [3.05, 3.63) is 34.8 Å². The number of anilines is 1. The van der Waals surface area contributed by atoms with Crippen molar-refractivity contribution in [1.82, 2.24) is 0 Å². The molecular formula is C19H26BNO5S. The number of carbonyl (C=O) groups is 2. The van der Waals surface area contributed by atoms with Gasteiger partial charge in [0.25, 0.3) is 0 Å². The number of nitrogen functional groups attached to an aromatic ring is 1. The largest absolute Gasteiger partial charge is 0.491 e. The minimum absolute atomic E-state index is 0.000225. The Balaban J connectivity index is 2.41. The molecule has 0 spiro atoms. The van der Waals surface area contributed by atoms with E-state index >= 15 is 0 Å². The molecule has 1 aliphatic rings. The molecule has 0 radical (unpaired) electrons. The van der Waals surface area contributed by atoms with Gasteiger partial charge in [-0.2, -0.15) is 0 Å². The van der Waals surface area contributed by atoms with Crippen molar-refractivity contribution in [2.45, 2.75) is 45.8 Å². The molecule has 0 bridgehead atoms. The van der Waals surface area contributed by atoms with Gasteiger partial charge in [0, 0.05) is 18.4 Å². The van der Waals surface area contributed by atoms with E-state index in [-0.39, 0.29) is 5.12 Å². The molecule has 0 saturated carbocycles. The summed E-state index contributed by atoms with van der Waals surface area (Å²) in [5, 5.41) is 0.000225. The van der Waals surface area contributed by atoms with Crippen molar-refractivity contribution in [2.75, 3.05) is 18.6 Å². The van der Waals surface area contributed by atoms with Crippen LogP contribution in [-0.4, -0.2) is 42.3 Å². The van der Waals surface area contributed by atoms with Crippen LogP contribution in [0.5, 0.6) is 0 Å². The maximum atomic E-state index is 11.8. The van der Waals surface area contributed by atoms with Crippen LogP contribution in [0.3, 0.4) is 0 Å². The maximum Gasteiger partial charge on any atom is 0.491 e. The van der Waals surface area contributed by atoms with Gasteiger partial charge in [0.1, 0.15) is 0 Å². The summed E-state index contributed by atoms with van der Waals surface area (Å²) in [5.41, 5.74) is 7.24. The van der Waals surface area contributed by atoms with Crippen LogP contribution in [-0.2, 0) is 18.8 Å². The maximum absolute atomic E-state index is 11.8. The Labute approximate surface area is 164 Å². The van der Waals surface area contributed by atoms with E-state index in [1.807, 2.05) is 33.8 Å². The quantitative estimate of drug-likeness (QED) is 0.468. The average Bonchev–Trinajstić information content (AvgIpc) is 2.77. The normalized spacial score (nSPS) is 18.4. The predicted molar refractivity (Wildman–Crippen MR) is 109 cm³/mol. The van der Waals surface area contributed by atoms with E-state index in [1.54, 1.807) is 18.2 Å². The van der Waals surface area contributed by atoms with Gasteiger partial charge in [0.2, 0.25) is 0 Å². The van der Waals surface area contributed by atoms with Crippen molar-refractivity contribution in [3.8, 4) is 0 Å². The molecule has 1 fully saturated rings. The molecule has 6 nitrogen and oxygen atoms in total. The van der Waals surface area contributed by atoms with Crippen LogP contribution in [0.2, 0.25) is 0 Å². The second-order valence-corrected chi connectivity index (χ2v) is 8.62. The van der Waals surface area contributed by atoms with Gasteiger partial charge >= 0.3 is 13.1 Å². The van der Waals surface area contributed by atoms with Crippen LogP contribution >= 0.6 is 11.8 Å². The summed E-state index contributed by atoms with van der Waals surface area (Å²) < 4.78 is 17.0. The third-order valence-corrected chi connectivity index (χ3v) is 5.63. The van der Waals surface area contributed by atoms with Gasteiger partial charge in [0.05, 0.1) is 23.9 Å². The first kappa shape index (κ1) is 21.5. The molecule has 27 heavy (non-hydrogen) atoms. The molecule has 0 aromatic heterocycles. The lowest BCUT2D eigenvalue weighted by Gasteiger charge is -2.32. The van der Waals surface area contributed by atoms with Gasteiger partial charge in [-0.3, -0.25) is 4.79 Å².